The van der Waals surface area contributed by atoms with E-state index in [1.54, 1.807) is 4.90 Å². The molecule has 1 rings (SSSR count). The van der Waals surface area contributed by atoms with Gasteiger partial charge in [0.1, 0.15) is 11.5 Å². The average Bonchev–Trinajstić information content (AvgIpc) is 2.39. The van der Waals surface area contributed by atoms with Gasteiger partial charge < -0.3 is 15.0 Å². The molecule has 0 heterocycles. The van der Waals surface area contributed by atoms with E-state index in [-0.39, 0.29) is 23.9 Å². The van der Waals surface area contributed by atoms with Crippen molar-refractivity contribution in [1.82, 2.24) is 10.2 Å². The Kier molecular flexibility index (Phi) is 6.78. The number of likely N-dealkylation sites (N-methyl/N-ethyl adjacent to an activating group) is 1. The SMILES string of the molecule is CCN(C(=O)CCl)[C@@H]1CCCC[C@@H]1NC(=O)OC(C)(C)C. The van der Waals surface area contributed by atoms with Crippen LogP contribution < -0.4 is 5.32 Å². The van der Waals surface area contributed by atoms with E-state index in [2.05, 4.69) is 5.32 Å². The van der Waals surface area contributed by atoms with Gasteiger partial charge in [0.15, 0.2) is 0 Å². The summed E-state index contributed by atoms with van der Waals surface area (Å²) in [6, 6.07) is -0.0664. The van der Waals surface area contributed by atoms with Crippen LogP contribution in [-0.4, -0.2) is 47.0 Å². The molecule has 0 aromatic rings. The van der Waals surface area contributed by atoms with Crippen molar-refractivity contribution < 1.29 is 14.3 Å². The summed E-state index contributed by atoms with van der Waals surface area (Å²) in [7, 11) is 0. The number of nitrogens with one attached hydrogen (secondary N) is 1. The second-order valence-corrected chi connectivity index (χ2v) is 6.69. The summed E-state index contributed by atoms with van der Waals surface area (Å²) in [5.41, 5.74) is -0.523. The smallest absolute Gasteiger partial charge is 0.407 e. The first-order valence-corrected chi connectivity index (χ1v) is 8.17. The first-order valence-electron chi connectivity index (χ1n) is 7.63. The summed E-state index contributed by atoms with van der Waals surface area (Å²) in [6.45, 7) is 8.03. The standard InChI is InChI=1S/C15H27ClN2O3/c1-5-18(13(19)10-16)12-9-7-6-8-11(12)17-14(20)21-15(2,3)4/h11-12H,5-10H2,1-4H3,(H,17,20)/t11-,12+/m0/s1. The van der Waals surface area contributed by atoms with Crippen molar-refractivity contribution in [2.24, 2.45) is 0 Å². The van der Waals surface area contributed by atoms with Crippen molar-refractivity contribution in [2.45, 2.75) is 71.1 Å². The van der Waals surface area contributed by atoms with Crippen molar-refractivity contribution in [3.05, 3.63) is 0 Å². The topological polar surface area (TPSA) is 58.6 Å². The van der Waals surface area contributed by atoms with Crippen LogP contribution in [0.15, 0.2) is 0 Å². The van der Waals surface area contributed by atoms with E-state index in [1.807, 2.05) is 27.7 Å². The molecule has 6 heteroatoms. The van der Waals surface area contributed by atoms with Crippen LogP contribution in [0.25, 0.3) is 0 Å². The van der Waals surface area contributed by atoms with Gasteiger partial charge in [-0.2, -0.15) is 0 Å². The molecule has 2 amide bonds. The van der Waals surface area contributed by atoms with E-state index in [0.29, 0.717) is 6.54 Å². The summed E-state index contributed by atoms with van der Waals surface area (Å²) in [4.78, 5) is 25.7. The summed E-state index contributed by atoms with van der Waals surface area (Å²) >= 11 is 5.68. The minimum Gasteiger partial charge on any atom is -0.444 e. The Morgan fingerprint density at radius 1 is 1.29 bits per heavy atom. The van der Waals surface area contributed by atoms with Gasteiger partial charge in [0, 0.05) is 6.54 Å². The molecule has 21 heavy (non-hydrogen) atoms. The maximum atomic E-state index is 12.0. The highest BCUT2D eigenvalue weighted by atomic mass is 35.5. The minimum absolute atomic E-state index is 0.00233. The Balaban J connectivity index is 2.72. The van der Waals surface area contributed by atoms with E-state index in [9.17, 15) is 9.59 Å². The van der Waals surface area contributed by atoms with Gasteiger partial charge in [0.25, 0.3) is 0 Å². The molecule has 1 aliphatic carbocycles. The Hall–Kier alpha value is -0.970. The molecule has 0 saturated heterocycles. The number of halogens is 1. The van der Waals surface area contributed by atoms with Crippen LogP contribution >= 0.6 is 11.6 Å². The molecule has 2 atom stereocenters. The second-order valence-electron chi connectivity index (χ2n) is 6.42. The third-order valence-electron chi connectivity index (χ3n) is 3.61. The summed E-state index contributed by atoms with van der Waals surface area (Å²) in [6.07, 6.45) is 3.42. The highest BCUT2D eigenvalue weighted by Crippen LogP contribution is 2.24. The number of alkyl halides is 1. The van der Waals surface area contributed by atoms with Crippen LogP contribution in [-0.2, 0) is 9.53 Å². The number of carbonyl (C=O) groups excluding carboxylic acids is 2. The van der Waals surface area contributed by atoms with Gasteiger partial charge >= 0.3 is 6.09 Å². The van der Waals surface area contributed by atoms with Crippen LogP contribution in [0.1, 0.15) is 53.4 Å². The van der Waals surface area contributed by atoms with Gasteiger partial charge in [0.05, 0.1) is 12.1 Å². The van der Waals surface area contributed by atoms with Gasteiger partial charge in [-0.05, 0) is 40.5 Å². The van der Waals surface area contributed by atoms with Gasteiger partial charge in [-0.15, -0.1) is 11.6 Å². The quantitative estimate of drug-likeness (QED) is 0.811. The number of rotatable bonds is 4. The van der Waals surface area contributed by atoms with E-state index in [1.165, 1.54) is 0 Å². The molecular formula is C15H27ClN2O3. The first-order chi connectivity index (χ1) is 9.78. The fourth-order valence-electron chi connectivity index (χ4n) is 2.78. The Bertz CT molecular complexity index is 368. The van der Waals surface area contributed by atoms with Crippen molar-refractivity contribution in [3.63, 3.8) is 0 Å². The van der Waals surface area contributed by atoms with E-state index >= 15 is 0 Å². The number of nitrogens with zero attached hydrogens (tertiary/aromatic N) is 1. The number of hydrogen-bond donors (Lipinski definition) is 1. The molecule has 0 spiro atoms. The fraction of sp³-hybridized carbons (Fsp3) is 0.867. The van der Waals surface area contributed by atoms with Crippen molar-refractivity contribution in [3.8, 4) is 0 Å². The Morgan fingerprint density at radius 3 is 2.43 bits per heavy atom. The van der Waals surface area contributed by atoms with Crippen molar-refractivity contribution >= 4 is 23.6 Å². The number of hydrogen-bond acceptors (Lipinski definition) is 3. The molecule has 0 unspecified atom stereocenters. The van der Waals surface area contributed by atoms with Crippen LogP contribution in [0.5, 0.6) is 0 Å². The molecule has 0 bridgehead atoms. The van der Waals surface area contributed by atoms with Gasteiger partial charge in [-0.25, -0.2) is 4.79 Å². The fourth-order valence-corrected chi connectivity index (χ4v) is 2.94. The lowest BCUT2D eigenvalue weighted by atomic mass is 9.89. The summed E-state index contributed by atoms with van der Waals surface area (Å²) in [5.74, 6) is -0.106. The minimum atomic E-state index is -0.523. The van der Waals surface area contributed by atoms with Gasteiger partial charge in [0.2, 0.25) is 5.91 Å². The van der Waals surface area contributed by atoms with Crippen LogP contribution in [0.3, 0.4) is 0 Å². The molecular weight excluding hydrogens is 292 g/mol. The van der Waals surface area contributed by atoms with Crippen LogP contribution in [0, 0.1) is 0 Å². The Morgan fingerprint density at radius 2 is 1.90 bits per heavy atom. The Labute approximate surface area is 132 Å². The number of alkyl carbamates (subject to hydrolysis) is 1. The molecule has 0 radical (unpaired) electrons. The number of carbonyl (C=O) groups is 2. The van der Waals surface area contributed by atoms with Crippen LogP contribution in [0.4, 0.5) is 4.79 Å². The maximum Gasteiger partial charge on any atom is 0.407 e. The predicted molar refractivity (Wildman–Crippen MR) is 83.5 cm³/mol. The lowest BCUT2D eigenvalue weighted by molar-refractivity contribution is -0.131. The maximum absolute atomic E-state index is 12.0. The molecule has 0 aliphatic heterocycles. The van der Waals surface area contributed by atoms with E-state index < -0.39 is 11.7 Å². The largest absolute Gasteiger partial charge is 0.444 e. The predicted octanol–water partition coefficient (Wildman–Crippen LogP) is 2.91. The van der Waals surface area contributed by atoms with Crippen LogP contribution in [0.2, 0.25) is 0 Å². The highest BCUT2D eigenvalue weighted by Gasteiger charge is 2.33. The zero-order valence-electron chi connectivity index (χ0n) is 13.4. The lowest BCUT2D eigenvalue weighted by Crippen LogP contribution is -2.55. The highest BCUT2D eigenvalue weighted by molar-refractivity contribution is 6.27. The molecule has 5 nitrogen and oxygen atoms in total. The molecule has 1 saturated carbocycles. The number of ether oxygens (including phenoxy) is 1. The van der Waals surface area contributed by atoms with E-state index in [4.69, 9.17) is 16.3 Å². The monoisotopic (exact) mass is 318 g/mol. The molecule has 122 valence electrons. The third kappa shape index (κ3) is 5.73. The zero-order chi connectivity index (χ0) is 16.0. The first kappa shape index (κ1) is 18.1. The summed E-state index contributed by atoms with van der Waals surface area (Å²) < 4.78 is 5.31. The zero-order valence-corrected chi connectivity index (χ0v) is 14.2. The second kappa shape index (κ2) is 7.87. The van der Waals surface area contributed by atoms with Crippen molar-refractivity contribution in [2.75, 3.05) is 12.4 Å². The molecule has 1 aliphatic rings. The van der Waals surface area contributed by atoms with Gasteiger partial charge in [-0.3, -0.25) is 4.79 Å². The third-order valence-corrected chi connectivity index (χ3v) is 3.84. The molecule has 1 fully saturated rings. The summed E-state index contributed by atoms with van der Waals surface area (Å²) in [5, 5.41) is 2.92. The molecule has 0 aromatic carbocycles. The lowest BCUT2D eigenvalue weighted by Gasteiger charge is -2.39. The van der Waals surface area contributed by atoms with Crippen molar-refractivity contribution in [1.29, 1.82) is 0 Å². The number of amides is 2. The van der Waals surface area contributed by atoms with Gasteiger partial charge in [-0.1, -0.05) is 12.8 Å². The molecule has 1 N–H and O–H groups in total. The van der Waals surface area contributed by atoms with E-state index in [0.717, 1.165) is 25.7 Å². The average molecular weight is 319 g/mol. The molecule has 0 aromatic heterocycles. The normalized spacial score (nSPS) is 22.5.